The Labute approximate surface area is 168 Å². The number of carbonyl (C=O) groups excluding carboxylic acids is 1. The molecule has 10 nitrogen and oxygen atoms in total. The standard InChI is InChI=1S/C11H16N4O3.C8H11NO2/c1-18-9-4-7(2-3-8(9)16)5-15(11(13)14)6-10(12)17;1-11-8-4-6(5-9)2-3-7(8)10/h2-4,16H,5-6H2,1H3,(H2,12,17)(H3,13,14);2-4,10H,5,9H2,1H3. The van der Waals surface area contributed by atoms with Crippen molar-refractivity contribution in [1.29, 1.82) is 5.41 Å². The number of ether oxygens (including phenoxy) is 2. The maximum absolute atomic E-state index is 10.8. The molecule has 0 radical (unpaired) electrons. The van der Waals surface area contributed by atoms with E-state index in [0.29, 0.717) is 18.0 Å². The lowest BCUT2D eigenvalue weighted by Gasteiger charge is -2.21. The molecule has 29 heavy (non-hydrogen) atoms. The number of nitrogens with zero attached hydrogens (tertiary/aromatic N) is 1. The fourth-order valence-corrected chi connectivity index (χ4v) is 2.30. The van der Waals surface area contributed by atoms with Crippen molar-refractivity contribution in [2.75, 3.05) is 20.8 Å². The van der Waals surface area contributed by atoms with Crippen LogP contribution in [0.4, 0.5) is 0 Å². The van der Waals surface area contributed by atoms with Gasteiger partial charge >= 0.3 is 0 Å². The minimum atomic E-state index is -0.573. The molecule has 9 N–H and O–H groups in total. The van der Waals surface area contributed by atoms with E-state index in [1.165, 1.54) is 25.2 Å². The quantitative estimate of drug-likeness (QED) is 0.283. The first-order chi connectivity index (χ1) is 13.7. The number of rotatable bonds is 7. The maximum Gasteiger partial charge on any atom is 0.237 e. The Morgan fingerprint density at radius 1 is 1.00 bits per heavy atom. The summed E-state index contributed by atoms with van der Waals surface area (Å²) in [7, 11) is 2.94. The van der Waals surface area contributed by atoms with Gasteiger partial charge in [0.25, 0.3) is 0 Å². The molecule has 0 fully saturated rings. The molecule has 0 aliphatic heterocycles. The highest BCUT2D eigenvalue weighted by atomic mass is 16.5. The number of phenols is 2. The molecule has 2 aromatic carbocycles. The summed E-state index contributed by atoms with van der Waals surface area (Å²) in [4.78, 5) is 12.2. The Hall–Kier alpha value is -3.66. The van der Waals surface area contributed by atoms with Gasteiger partial charge in [0.15, 0.2) is 29.0 Å². The van der Waals surface area contributed by atoms with Gasteiger partial charge in [-0.2, -0.15) is 0 Å². The number of amides is 1. The normalized spacial score (nSPS) is 9.76. The number of hydrogen-bond acceptors (Lipinski definition) is 7. The van der Waals surface area contributed by atoms with Crippen LogP contribution in [0.25, 0.3) is 0 Å². The largest absolute Gasteiger partial charge is 0.504 e. The monoisotopic (exact) mass is 405 g/mol. The molecule has 0 unspecified atom stereocenters. The van der Waals surface area contributed by atoms with E-state index in [1.807, 2.05) is 0 Å². The lowest BCUT2D eigenvalue weighted by molar-refractivity contribution is -0.118. The van der Waals surface area contributed by atoms with E-state index in [0.717, 1.165) is 11.1 Å². The summed E-state index contributed by atoms with van der Waals surface area (Å²) in [5.74, 6) is 0.120. The van der Waals surface area contributed by atoms with E-state index in [9.17, 15) is 9.90 Å². The lowest BCUT2D eigenvalue weighted by atomic mass is 10.2. The Bertz CT molecular complexity index is 844. The van der Waals surface area contributed by atoms with Crippen molar-refractivity contribution in [3.63, 3.8) is 0 Å². The van der Waals surface area contributed by atoms with Gasteiger partial charge in [-0.3, -0.25) is 10.2 Å². The average Bonchev–Trinajstić information content (AvgIpc) is 2.69. The van der Waals surface area contributed by atoms with Crippen LogP contribution in [0, 0.1) is 5.41 Å². The Balaban J connectivity index is 0.000000326. The molecule has 0 aliphatic carbocycles. The third kappa shape index (κ3) is 7.46. The molecule has 2 rings (SSSR count). The smallest absolute Gasteiger partial charge is 0.237 e. The highest BCUT2D eigenvalue weighted by Crippen LogP contribution is 2.27. The first-order valence-corrected chi connectivity index (χ1v) is 8.50. The first kappa shape index (κ1) is 23.4. The van der Waals surface area contributed by atoms with Crippen molar-refractivity contribution >= 4 is 11.9 Å². The molecule has 0 heterocycles. The molecule has 1 amide bonds. The number of nitrogens with one attached hydrogen (secondary N) is 1. The van der Waals surface area contributed by atoms with Gasteiger partial charge in [0, 0.05) is 13.1 Å². The van der Waals surface area contributed by atoms with Gasteiger partial charge in [0.2, 0.25) is 5.91 Å². The van der Waals surface area contributed by atoms with E-state index < -0.39 is 5.91 Å². The van der Waals surface area contributed by atoms with Gasteiger partial charge in [-0.05, 0) is 35.4 Å². The van der Waals surface area contributed by atoms with Gasteiger partial charge in [-0.25, -0.2) is 0 Å². The number of primary amides is 1. The molecule has 2 aromatic rings. The van der Waals surface area contributed by atoms with Crippen LogP contribution < -0.4 is 26.7 Å². The number of hydrogen-bond donors (Lipinski definition) is 6. The molecule has 0 aromatic heterocycles. The second-order valence-electron chi connectivity index (χ2n) is 5.92. The number of aromatic hydroxyl groups is 2. The van der Waals surface area contributed by atoms with E-state index >= 15 is 0 Å². The predicted molar refractivity (Wildman–Crippen MR) is 109 cm³/mol. The van der Waals surface area contributed by atoms with Crippen LogP contribution in [0.5, 0.6) is 23.0 Å². The van der Waals surface area contributed by atoms with Crippen LogP contribution in [0.1, 0.15) is 11.1 Å². The number of guanidine groups is 1. The number of nitrogens with two attached hydrogens (primary N) is 3. The maximum atomic E-state index is 10.8. The number of carbonyl (C=O) groups is 1. The minimum Gasteiger partial charge on any atom is -0.504 e. The predicted octanol–water partition coefficient (Wildman–Crippen LogP) is 0.441. The summed E-state index contributed by atoms with van der Waals surface area (Å²) in [6.07, 6.45) is 0. The summed E-state index contributed by atoms with van der Waals surface area (Å²) in [5.41, 5.74) is 17.5. The Morgan fingerprint density at radius 2 is 1.48 bits per heavy atom. The lowest BCUT2D eigenvalue weighted by Crippen LogP contribution is -2.41. The zero-order valence-corrected chi connectivity index (χ0v) is 16.4. The molecule has 0 saturated carbocycles. The zero-order chi connectivity index (χ0) is 22.0. The van der Waals surface area contributed by atoms with Crippen LogP contribution in [0.3, 0.4) is 0 Å². The van der Waals surface area contributed by atoms with Crippen LogP contribution >= 0.6 is 0 Å². The van der Waals surface area contributed by atoms with Crippen LogP contribution in [-0.4, -0.2) is 47.7 Å². The summed E-state index contributed by atoms with van der Waals surface area (Å²) in [5, 5.41) is 26.0. The van der Waals surface area contributed by atoms with E-state index in [-0.39, 0.29) is 30.5 Å². The first-order valence-electron chi connectivity index (χ1n) is 8.50. The van der Waals surface area contributed by atoms with Crippen LogP contribution in [0.2, 0.25) is 0 Å². The van der Waals surface area contributed by atoms with Gasteiger partial charge in [-0.1, -0.05) is 12.1 Å². The number of methoxy groups -OCH3 is 2. The molecule has 0 bridgehead atoms. The van der Waals surface area contributed by atoms with Crippen molar-refractivity contribution in [2.45, 2.75) is 13.1 Å². The highest BCUT2D eigenvalue weighted by Gasteiger charge is 2.12. The van der Waals surface area contributed by atoms with Gasteiger partial charge in [0.1, 0.15) is 0 Å². The fraction of sp³-hybridized carbons (Fsp3) is 0.263. The summed E-state index contributed by atoms with van der Waals surface area (Å²) >= 11 is 0. The van der Waals surface area contributed by atoms with Crippen molar-refractivity contribution in [1.82, 2.24) is 4.90 Å². The summed E-state index contributed by atoms with van der Waals surface area (Å²) in [6, 6.07) is 9.77. The summed E-state index contributed by atoms with van der Waals surface area (Å²) < 4.78 is 9.85. The van der Waals surface area contributed by atoms with Crippen molar-refractivity contribution in [3.8, 4) is 23.0 Å². The SMILES string of the molecule is COc1cc(CN(CC(N)=O)C(=N)N)ccc1O.COc1cc(CN)ccc1O. The van der Waals surface area contributed by atoms with Crippen molar-refractivity contribution < 1.29 is 24.5 Å². The third-order valence-corrected chi connectivity index (χ3v) is 3.78. The molecule has 0 atom stereocenters. The number of phenolic OH excluding ortho intramolecular Hbond substituents is 2. The molecule has 0 aliphatic rings. The second-order valence-corrected chi connectivity index (χ2v) is 5.92. The zero-order valence-electron chi connectivity index (χ0n) is 16.4. The van der Waals surface area contributed by atoms with E-state index in [1.54, 1.807) is 30.3 Å². The fourth-order valence-electron chi connectivity index (χ4n) is 2.30. The van der Waals surface area contributed by atoms with E-state index in [4.69, 9.17) is 37.2 Å². The molecule has 158 valence electrons. The van der Waals surface area contributed by atoms with E-state index in [2.05, 4.69) is 0 Å². The molecular weight excluding hydrogens is 378 g/mol. The van der Waals surface area contributed by atoms with Crippen LogP contribution in [0.15, 0.2) is 36.4 Å². The molecule has 10 heteroatoms. The van der Waals surface area contributed by atoms with Crippen molar-refractivity contribution in [3.05, 3.63) is 47.5 Å². The Morgan fingerprint density at radius 3 is 1.90 bits per heavy atom. The number of benzene rings is 2. The molecule has 0 saturated heterocycles. The highest BCUT2D eigenvalue weighted by molar-refractivity contribution is 5.83. The van der Waals surface area contributed by atoms with Crippen LogP contribution in [-0.2, 0) is 17.9 Å². The van der Waals surface area contributed by atoms with Gasteiger partial charge < -0.3 is 41.8 Å². The summed E-state index contributed by atoms with van der Waals surface area (Å²) in [6.45, 7) is 0.546. The molecular formula is C19H27N5O5. The second kappa shape index (κ2) is 11.2. The van der Waals surface area contributed by atoms with Crippen molar-refractivity contribution in [2.24, 2.45) is 17.2 Å². The van der Waals surface area contributed by atoms with Gasteiger partial charge in [0.05, 0.1) is 20.8 Å². The minimum absolute atomic E-state index is 0.0190. The van der Waals surface area contributed by atoms with Gasteiger partial charge in [-0.15, -0.1) is 0 Å². The average molecular weight is 405 g/mol. The topological polar surface area (TPSA) is 181 Å². The molecule has 0 spiro atoms. The Kier molecular flexibility index (Phi) is 9.06. The third-order valence-electron chi connectivity index (χ3n) is 3.78.